The molecule has 0 amide bonds. The molecule has 1 aliphatic heterocycles. The second-order valence-corrected chi connectivity index (χ2v) is 3.98. The molecule has 4 nitrogen and oxygen atoms in total. The molecule has 2 heterocycles. The SMILES string of the molecule is N#Cc1ccnc(NCC2CCOCC2)c1. The van der Waals surface area contributed by atoms with Crippen LogP contribution >= 0.6 is 0 Å². The summed E-state index contributed by atoms with van der Waals surface area (Å²) in [6.07, 6.45) is 3.86. The summed E-state index contributed by atoms with van der Waals surface area (Å²) >= 11 is 0. The zero-order valence-corrected chi connectivity index (χ0v) is 9.15. The number of rotatable bonds is 3. The maximum absolute atomic E-state index is 8.76. The topological polar surface area (TPSA) is 57.9 Å². The lowest BCUT2D eigenvalue weighted by molar-refractivity contribution is 0.0699. The summed E-state index contributed by atoms with van der Waals surface area (Å²) in [5, 5.41) is 12.0. The van der Waals surface area contributed by atoms with Crippen molar-refractivity contribution in [3.63, 3.8) is 0 Å². The molecule has 0 radical (unpaired) electrons. The predicted octanol–water partition coefficient (Wildman–Crippen LogP) is 1.79. The van der Waals surface area contributed by atoms with Crippen LogP contribution < -0.4 is 5.32 Å². The molecule has 0 bridgehead atoms. The van der Waals surface area contributed by atoms with Gasteiger partial charge in [-0.2, -0.15) is 5.26 Å². The molecule has 84 valence electrons. The standard InChI is InChI=1S/C12H15N3O/c13-8-11-1-4-14-12(7-11)15-9-10-2-5-16-6-3-10/h1,4,7,10H,2-3,5-6,9H2,(H,14,15). The molecule has 0 unspecified atom stereocenters. The van der Waals surface area contributed by atoms with E-state index in [0.717, 1.165) is 38.4 Å². The van der Waals surface area contributed by atoms with E-state index in [4.69, 9.17) is 10.00 Å². The molecular formula is C12H15N3O. The van der Waals surface area contributed by atoms with Crippen LogP contribution in [0.25, 0.3) is 0 Å². The summed E-state index contributed by atoms with van der Waals surface area (Å²) in [6.45, 7) is 2.63. The Balaban J connectivity index is 1.86. The van der Waals surface area contributed by atoms with Crippen LogP contribution in [-0.4, -0.2) is 24.7 Å². The molecule has 2 rings (SSSR count). The monoisotopic (exact) mass is 217 g/mol. The molecule has 1 saturated heterocycles. The molecule has 0 aliphatic carbocycles. The smallest absolute Gasteiger partial charge is 0.127 e. The lowest BCUT2D eigenvalue weighted by Crippen LogP contribution is -2.22. The van der Waals surface area contributed by atoms with Gasteiger partial charge < -0.3 is 10.1 Å². The number of hydrogen-bond donors (Lipinski definition) is 1. The van der Waals surface area contributed by atoms with Crippen molar-refractivity contribution in [3.05, 3.63) is 23.9 Å². The van der Waals surface area contributed by atoms with Gasteiger partial charge in [0, 0.05) is 26.0 Å². The summed E-state index contributed by atoms with van der Waals surface area (Å²) in [7, 11) is 0. The first-order valence-electron chi connectivity index (χ1n) is 5.56. The van der Waals surface area contributed by atoms with Crippen LogP contribution in [0.15, 0.2) is 18.3 Å². The highest BCUT2D eigenvalue weighted by Crippen LogP contribution is 2.15. The Hall–Kier alpha value is -1.60. The van der Waals surface area contributed by atoms with Crippen molar-refractivity contribution in [2.24, 2.45) is 5.92 Å². The van der Waals surface area contributed by atoms with E-state index >= 15 is 0 Å². The number of anilines is 1. The summed E-state index contributed by atoms with van der Waals surface area (Å²) in [5.74, 6) is 1.44. The van der Waals surface area contributed by atoms with Crippen molar-refractivity contribution < 1.29 is 4.74 Å². The van der Waals surface area contributed by atoms with Gasteiger partial charge in [-0.15, -0.1) is 0 Å². The third-order valence-corrected chi connectivity index (χ3v) is 2.80. The first-order chi connectivity index (χ1) is 7.88. The molecule has 1 aromatic rings. The minimum absolute atomic E-state index is 0.643. The Morgan fingerprint density at radius 3 is 3.06 bits per heavy atom. The molecule has 0 atom stereocenters. The number of nitriles is 1. The van der Waals surface area contributed by atoms with E-state index in [0.29, 0.717) is 11.5 Å². The molecule has 1 aromatic heterocycles. The fourth-order valence-corrected chi connectivity index (χ4v) is 1.80. The van der Waals surface area contributed by atoms with E-state index in [-0.39, 0.29) is 0 Å². The first kappa shape index (κ1) is 10.9. The summed E-state index contributed by atoms with van der Waals surface area (Å²) in [4.78, 5) is 4.18. The second kappa shape index (κ2) is 5.47. The Morgan fingerprint density at radius 2 is 2.31 bits per heavy atom. The van der Waals surface area contributed by atoms with Gasteiger partial charge in [-0.1, -0.05) is 0 Å². The van der Waals surface area contributed by atoms with E-state index in [1.54, 1.807) is 18.3 Å². The van der Waals surface area contributed by atoms with Crippen LogP contribution in [0.5, 0.6) is 0 Å². The van der Waals surface area contributed by atoms with Crippen molar-refractivity contribution in [1.82, 2.24) is 4.98 Å². The molecule has 4 heteroatoms. The molecule has 1 N–H and O–H groups in total. The van der Waals surface area contributed by atoms with Gasteiger partial charge in [-0.25, -0.2) is 4.98 Å². The van der Waals surface area contributed by atoms with Crippen molar-refractivity contribution in [2.45, 2.75) is 12.8 Å². The van der Waals surface area contributed by atoms with Gasteiger partial charge >= 0.3 is 0 Å². The third-order valence-electron chi connectivity index (χ3n) is 2.80. The normalized spacial score (nSPS) is 16.7. The van der Waals surface area contributed by atoms with E-state index in [9.17, 15) is 0 Å². The highest BCUT2D eigenvalue weighted by molar-refractivity contribution is 5.42. The van der Waals surface area contributed by atoms with Gasteiger partial charge in [-0.3, -0.25) is 0 Å². The third kappa shape index (κ3) is 2.94. The summed E-state index contributed by atoms with van der Waals surface area (Å²) in [5.41, 5.74) is 0.643. The maximum Gasteiger partial charge on any atom is 0.127 e. The highest BCUT2D eigenvalue weighted by atomic mass is 16.5. The van der Waals surface area contributed by atoms with Gasteiger partial charge in [0.15, 0.2) is 0 Å². The Labute approximate surface area is 95.3 Å². The van der Waals surface area contributed by atoms with Crippen LogP contribution in [0.3, 0.4) is 0 Å². The fraction of sp³-hybridized carbons (Fsp3) is 0.500. The van der Waals surface area contributed by atoms with E-state index in [1.165, 1.54) is 0 Å². The number of ether oxygens (including phenoxy) is 1. The Morgan fingerprint density at radius 1 is 1.50 bits per heavy atom. The predicted molar refractivity (Wildman–Crippen MR) is 61.0 cm³/mol. The van der Waals surface area contributed by atoms with Crippen molar-refractivity contribution in [1.29, 1.82) is 5.26 Å². The van der Waals surface area contributed by atoms with E-state index < -0.39 is 0 Å². The average molecular weight is 217 g/mol. The summed E-state index contributed by atoms with van der Waals surface area (Å²) in [6, 6.07) is 5.59. The molecule has 0 saturated carbocycles. The molecule has 0 spiro atoms. The second-order valence-electron chi connectivity index (χ2n) is 3.98. The number of nitrogens with zero attached hydrogens (tertiary/aromatic N) is 2. The fourth-order valence-electron chi connectivity index (χ4n) is 1.80. The molecule has 0 aromatic carbocycles. The number of nitrogens with one attached hydrogen (secondary N) is 1. The molecular weight excluding hydrogens is 202 g/mol. The summed E-state index contributed by atoms with van der Waals surface area (Å²) < 4.78 is 5.30. The van der Waals surface area contributed by atoms with Crippen molar-refractivity contribution >= 4 is 5.82 Å². The van der Waals surface area contributed by atoms with Crippen molar-refractivity contribution in [2.75, 3.05) is 25.1 Å². The maximum atomic E-state index is 8.76. The highest BCUT2D eigenvalue weighted by Gasteiger charge is 2.13. The zero-order valence-electron chi connectivity index (χ0n) is 9.15. The first-order valence-corrected chi connectivity index (χ1v) is 5.56. The molecule has 16 heavy (non-hydrogen) atoms. The van der Waals surface area contributed by atoms with Gasteiger partial charge in [0.1, 0.15) is 5.82 Å². The number of pyridine rings is 1. The van der Waals surface area contributed by atoms with Crippen LogP contribution in [0, 0.1) is 17.2 Å². The largest absolute Gasteiger partial charge is 0.381 e. The lowest BCUT2D eigenvalue weighted by atomic mass is 10.0. The number of hydrogen-bond acceptors (Lipinski definition) is 4. The van der Waals surface area contributed by atoms with E-state index in [2.05, 4.69) is 16.4 Å². The minimum atomic E-state index is 0.643. The Bertz CT molecular complexity index is 380. The Kier molecular flexibility index (Phi) is 3.73. The van der Waals surface area contributed by atoms with Gasteiger partial charge in [0.05, 0.1) is 11.6 Å². The van der Waals surface area contributed by atoms with Gasteiger partial charge in [0.2, 0.25) is 0 Å². The number of aromatic nitrogens is 1. The van der Waals surface area contributed by atoms with Crippen molar-refractivity contribution in [3.8, 4) is 6.07 Å². The zero-order chi connectivity index (χ0) is 11.2. The average Bonchev–Trinajstić information content (AvgIpc) is 2.38. The van der Waals surface area contributed by atoms with Crippen LogP contribution in [0.2, 0.25) is 0 Å². The molecule has 1 fully saturated rings. The quantitative estimate of drug-likeness (QED) is 0.838. The minimum Gasteiger partial charge on any atom is -0.381 e. The van der Waals surface area contributed by atoms with Gasteiger partial charge in [0.25, 0.3) is 0 Å². The van der Waals surface area contributed by atoms with Crippen LogP contribution in [-0.2, 0) is 4.74 Å². The van der Waals surface area contributed by atoms with Crippen LogP contribution in [0.4, 0.5) is 5.82 Å². The molecule has 1 aliphatic rings. The van der Waals surface area contributed by atoms with Crippen LogP contribution in [0.1, 0.15) is 18.4 Å². The van der Waals surface area contributed by atoms with E-state index in [1.807, 2.05) is 0 Å². The van der Waals surface area contributed by atoms with Gasteiger partial charge in [-0.05, 0) is 30.9 Å². The lowest BCUT2D eigenvalue weighted by Gasteiger charge is -2.22.